The minimum Gasteiger partial charge on any atom is -0.462 e. The molecule has 6 nitrogen and oxygen atoms in total. The third-order valence-corrected chi connectivity index (χ3v) is 9.79. The van der Waals surface area contributed by atoms with Crippen molar-refractivity contribution >= 4 is 17.9 Å². The lowest BCUT2D eigenvalue weighted by atomic mass is 10.1. The Labute approximate surface area is 409 Å². The molecule has 0 rings (SSSR count). The normalized spacial score (nSPS) is 13.5. The van der Waals surface area contributed by atoms with E-state index in [1.165, 1.54) is 25.7 Å². The SMILES string of the molecule is CC\C=C/C=C\C=C/C=C\CCCCCC(=O)OCC(COC(=O)CC/C=C\C/C=C\C/C=C\C/C=C\C/C=C\C/C=C\CC)OC(=O)CCC/C=C\C/C=C\C/C=C\C/C=C\CCCCC. The second kappa shape index (κ2) is 53.4. The van der Waals surface area contributed by atoms with Gasteiger partial charge in [0.2, 0.25) is 0 Å². The molecular formula is C61H90O6. The van der Waals surface area contributed by atoms with Gasteiger partial charge in [-0.05, 0) is 116 Å². The summed E-state index contributed by atoms with van der Waals surface area (Å²) in [6.07, 6.45) is 79.3. The lowest BCUT2D eigenvalue weighted by Crippen LogP contribution is -2.30. The molecule has 67 heavy (non-hydrogen) atoms. The second-order valence-electron chi connectivity index (χ2n) is 16.0. The Bertz CT molecular complexity index is 1620. The van der Waals surface area contributed by atoms with Crippen LogP contribution in [0.1, 0.15) is 175 Å². The Morgan fingerprint density at radius 1 is 0.328 bits per heavy atom. The van der Waals surface area contributed by atoms with Crippen LogP contribution in [-0.4, -0.2) is 37.2 Å². The van der Waals surface area contributed by atoms with Gasteiger partial charge in [-0.2, -0.15) is 0 Å². The molecule has 0 saturated heterocycles. The summed E-state index contributed by atoms with van der Waals surface area (Å²) in [6, 6.07) is 0. The van der Waals surface area contributed by atoms with Crippen LogP contribution in [0.25, 0.3) is 0 Å². The van der Waals surface area contributed by atoms with E-state index >= 15 is 0 Å². The van der Waals surface area contributed by atoms with E-state index in [0.717, 1.165) is 89.9 Å². The first kappa shape index (κ1) is 61.8. The van der Waals surface area contributed by atoms with Crippen molar-refractivity contribution < 1.29 is 28.6 Å². The van der Waals surface area contributed by atoms with Gasteiger partial charge >= 0.3 is 17.9 Å². The molecule has 370 valence electrons. The fourth-order valence-electron chi connectivity index (χ4n) is 6.00. The van der Waals surface area contributed by atoms with Gasteiger partial charge in [0.05, 0.1) is 0 Å². The van der Waals surface area contributed by atoms with Gasteiger partial charge in [0, 0.05) is 19.3 Å². The minimum atomic E-state index is -0.862. The van der Waals surface area contributed by atoms with E-state index in [-0.39, 0.29) is 38.4 Å². The van der Waals surface area contributed by atoms with Gasteiger partial charge in [-0.3, -0.25) is 14.4 Å². The monoisotopic (exact) mass is 919 g/mol. The number of ether oxygens (including phenoxy) is 3. The maximum Gasteiger partial charge on any atom is 0.306 e. The van der Waals surface area contributed by atoms with Crippen molar-refractivity contribution in [3.8, 4) is 0 Å². The minimum absolute atomic E-state index is 0.153. The number of hydrogen-bond acceptors (Lipinski definition) is 6. The van der Waals surface area contributed by atoms with E-state index in [4.69, 9.17) is 14.2 Å². The summed E-state index contributed by atoms with van der Waals surface area (Å²) in [5.74, 6) is -1.15. The molecule has 0 aliphatic carbocycles. The smallest absolute Gasteiger partial charge is 0.306 e. The predicted molar refractivity (Wildman–Crippen MR) is 288 cm³/mol. The van der Waals surface area contributed by atoms with Crippen molar-refractivity contribution in [1.29, 1.82) is 0 Å². The van der Waals surface area contributed by atoms with Crippen LogP contribution in [0.2, 0.25) is 0 Å². The average Bonchev–Trinajstić information content (AvgIpc) is 3.33. The van der Waals surface area contributed by atoms with Gasteiger partial charge in [0.1, 0.15) is 13.2 Å². The van der Waals surface area contributed by atoms with Crippen LogP contribution >= 0.6 is 0 Å². The van der Waals surface area contributed by atoms with E-state index < -0.39 is 18.0 Å². The number of carbonyl (C=O) groups is 3. The van der Waals surface area contributed by atoms with Gasteiger partial charge < -0.3 is 14.2 Å². The van der Waals surface area contributed by atoms with E-state index in [2.05, 4.69) is 142 Å². The van der Waals surface area contributed by atoms with Crippen LogP contribution in [0.4, 0.5) is 0 Å². The maximum absolute atomic E-state index is 12.8. The first-order chi connectivity index (χ1) is 33.0. The topological polar surface area (TPSA) is 78.9 Å². The molecule has 1 atom stereocenters. The Morgan fingerprint density at radius 3 is 1.19 bits per heavy atom. The highest BCUT2D eigenvalue weighted by Crippen LogP contribution is 2.09. The molecule has 0 saturated carbocycles. The molecule has 0 bridgehead atoms. The largest absolute Gasteiger partial charge is 0.462 e. The van der Waals surface area contributed by atoms with Gasteiger partial charge in [-0.15, -0.1) is 0 Å². The standard InChI is InChI=1S/C61H90O6/c1-4-7-10-13-16-19-22-25-27-29-30-32-33-36-39-42-45-48-51-54-60(63)66-57-58(56-65-59(62)53-50-47-44-41-38-35-24-21-18-15-12-9-6-3)67-61(64)55-52-49-46-43-40-37-34-31-28-26-23-20-17-14-11-8-5-2/h7,9-10,12,15-21,24-28,30,32,34-39,43,45-46,48,58H,4-6,8,11,13-14,22-23,29,31,33,40-42,44,47,49-57H2,1-3H3/b10-7-,12-9-,18-15-,19-16-,20-17-,24-21-,27-25-,28-26-,32-30-,37-34-,38-35-,39-36-,46-43-,48-45-. The van der Waals surface area contributed by atoms with Crippen molar-refractivity contribution in [3.05, 3.63) is 170 Å². The van der Waals surface area contributed by atoms with Crippen molar-refractivity contribution in [2.45, 2.75) is 181 Å². The number of unbranched alkanes of at least 4 members (excludes halogenated alkanes) is 7. The Morgan fingerprint density at radius 2 is 0.701 bits per heavy atom. The molecule has 0 aliphatic rings. The summed E-state index contributed by atoms with van der Waals surface area (Å²) in [4.78, 5) is 37.9. The molecule has 0 N–H and O–H groups in total. The first-order valence-electron chi connectivity index (χ1n) is 25.7. The third kappa shape index (κ3) is 51.6. The van der Waals surface area contributed by atoms with Crippen LogP contribution in [0.5, 0.6) is 0 Å². The van der Waals surface area contributed by atoms with Gasteiger partial charge in [-0.1, -0.05) is 210 Å². The third-order valence-electron chi connectivity index (χ3n) is 9.79. The van der Waals surface area contributed by atoms with Crippen molar-refractivity contribution in [2.75, 3.05) is 13.2 Å². The first-order valence-corrected chi connectivity index (χ1v) is 25.7. The lowest BCUT2D eigenvalue weighted by Gasteiger charge is -2.18. The molecule has 0 amide bonds. The van der Waals surface area contributed by atoms with Crippen LogP contribution < -0.4 is 0 Å². The zero-order valence-electron chi connectivity index (χ0n) is 42.1. The summed E-state index contributed by atoms with van der Waals surface area (Å²) < 4.78 is 16.6. The van der Waals surface area contributed by atoms with E-state index in [1.807, 2.05) is 48.6 Å². The number of allylic oxidation sites excluding steroid dienone is 28. The summed E-state index contributed by atoms with van der Waals surface area (Å²) in [5, 5.41) is 0. The van der Waals surface area contributed by atoms with Gasteiger partial charge in [0.25, 0.3) is 0 Å². The van der Waals surface area contributed by atoms with E-state index in [9.17, 15) is 14.4 Å². The maximum atomic E-state index is 12.8. The molecule has 6 heteroatoms. The van der Waals surface area contributed by atoms with Crippen LogP contribution in [-0.2, 0) is 28.6 Å². The average molecular weight is 919 g/mol. The predicted octanol–water partition coefficient (Wildman–Crippen LogP) is 17.2. The second-order valence-corrected chi connectivity index (χ2v) is 16.0. The molecule has 0 heterocycles. The fraction of sp³-hybridized carbons (Fsp3) is 0.492. The zero-order valence-corrected chi connectivity index (χ0v) is 42.1. The zero-order chi connectivity index (χ0) is 48.6. The molecule has 1 unspecified atom stereocenters. The number of rotatable bonds is 43. The van der Waals surface area contributed by atoms with Gasteiger partial charge in [0.15, 0.2) is 6.10 Å². The number of hydrogen-bond donors (Lipinski definition) is 0. The van der Waals surface area contributed by atoms with E-state index in [1.54, 1.807) is 0 Å². The quantitative estimate of drug-likeness (QED) is 0.0199. The van der Waals surface area contributed by atoms with Crippen molar-refractivity contribution in [1.82, 2.24) is 0 Å². The highest BCUT2D eigenvalue weighted by atomic mass is 16.6. The highest BCUT2D eigenvalue weighted by Gasteiger charge is 2.19. The Hall–Kier alpha value is -5.23. The molecule has 0 fully saturated rings. The van der Waals surface area contributed by atoms with Gasteiger partial charge in [-0.25, -0.2) is 0 Å². The number of esters is 3. The summed E-state index contributed by atoms with van der Waals surface area (Å²) in [5.41, 5.74) is 0. The molecule has 0 aromatic heterocycles. The molecule has 0 aromatic rings. The number of carbonyl (C=O) groups excluding carboxylic acids is 3. The molecule has 0 radical (unpaired) electrons. The summed E-state index contributed by atoms with van der Waals surface area (Å²) in [7, 11) is 0. The van der Waals surface area contributed by atoms with Crippen molar-refractivity contribution in [3.63, 3.8) is 0 Å². The molecular weight excluding hydrogens is 829 g/mol. The summed E-state index contributed by atoms with van der Waals surface area (Å²) in [6.45, 7) is 6.17. The molecule has 0 spiro atoms. The highest BCUT2D eigenvalue weighted by molar-refractivity contribution is 5.71. The summed E-state index contributed by atoms with van der Waals surface area (Å²) >= 11 is 0. The van der Waals surface area contributed by atoms with E-state index in [0.29, 0.717) is 19.3 Å². The molecule has 0 aliphatic heterocycles. The molecule has 0 aromatic carbocycles. The Balaban J connectivity index is 4.69. The van der Waals surface area contributed by atoms with Crippen LogP contribution in [0.3, 0.4) is 0 Å². The van der Waals surface area contributed by atoms with Crippen LogP contribution in [0.15, 0.2) is 170 Å². The lowest BCUT2D eigenvalue weighted by molar-refractivity contribution is -0.166. The Kier molecular flexibility index (Phi) is 49.2. The fourth-order valence-corrected chi connectivity index (χ4v) is 6.00. The van der Waals surface area contributed by atoms with Crippen LogP contribution in [0, 0.1) is 0 Å². The van der Waals surface area contributed by atoms with Crippen molar-refractivity contribution in [2.24, 2.45) is 0 Å².